The Hall–Kier alpha value is -3.68. The van der Waals surface area contributed by atoms with E-state index in [-0.39, 0.29) is 5.91 Å². The van der Waals surface area contributed by atoms with Crippen molar-refractivity contribution in [2.75, 3.05) is 33.2 Å². The number of likely N-dealkylation sites (N-methyl/N-ethyl adjacent to an activating group) is 1. The van der Waals surface area contributed by atoms with Crippen LogP contribution in [0.25, 0.3) is 27.7 Å². The Morgan fingerprint density at radius 3 is 2.59 bits per heavy atom. The summed E-state index contributed by atoms with van der Waals surface area (Å²) in [7, 11) is 2.11. The zero-order valence-electron chi connectivity index (χ0n) is 21.3. The van der Waals surface area contributed by atoms with Crippen molar-refractivity contribution in [2.24, 2.45) is 0 Å². The van der Waals surface area contributed by atoms with Crippen LogP contribution >= 0.6 is 11.3 Å². The van der Waals surface area contributed by atoms with Gasteiger partial charge in [-0.25, -0.2) is 4.98 Å². The summed E-state index contributed by atoms with van der Waals surface area (Å²) >= 11 is 1.78. The maximum absolute atomic E-state index is 14.1. The van der Waals surface area contributed by atoms with Gasteiger partial charge in [0.15, 0.2) is 0 Å². The van der Waals surface area contributed by atoms with Crippen molar-refractivity contribution in [2.45, 2.75) is 19.9 Å². The summed E-state index contributed by atoms with van der Waals surface area (Å²) in [6.07, 6.45) is 6.88. The smallest absolute Gasteiger partial charge is 0.256 e. The molecule has 0 radical (unpaired) electrons. The van der Waals surface area contributed by atoms with Gasteiger partial charge in [-0.1, -0.05) is 48.5 Å². The first-order valence-electron chi connectivity index (χ1n) is 12.8. The van der Waals surface area contributed by atoms with E-state index >= 15 is 0 Å². The predicted molar refractivity (Wildman–Crippen MR) is 151 cm³/mol. The van der Waals surface area contributed by atoms with Crippen LogP contribution in [0.1, 0.15) is 20.9 Å². The number of benzene rings is 2. The summed E-state index contributed by atoms with van der Waals surface area (Å²) in [5, 5.41) is 4.44. The quantitative estimate of drug-likeness (QED) is 0.304. The summed E-state index contributed by atoms with van der Waals surface area (Å²) in [4.78, 5) is 24.2. The second-order valence-corrected chi connectivity index (χ2v) is 10.8. The summed E-state index contributed by atoms with van der Waals surface area (Å²) in [5.41, 5.74) is 3.79. The molecule has 3 aromatic heterocycles. The standard InChI is InChI=1S/C30H31N5OS/c1-22-29(30(36)33-16-14-32(2)15-17-33)27(26-11-5-8-23-7-3-4-10-25(23)26)20-35(22)28-19-31-21-34(28)13-12-24-9-6-18-37-24/h3-11,18-21H,12-17H2,1-2H3. The second kappa shape index (κ2) is 10.00. The Morgan fingerprint density at radius 2 is 1.78 bits per heavy atom. The molecule has 37 heavy (non-hydrogen) atoms. The number of carbonyl (C=O) groups is 1. The number of carbonyl (C=O) groups excluding carboxylic acids is 1. The summed E-state index contributed by atoms with van der Waals surface area (Å²) in [6.45, 7) is 6.17. The number of imidazole rings is 1. The van der Waals surface area contributed by atoms with Gasteiger partial charge in [-0.2, -0.15) is 0 Å². The lowest BCUT2D eigenvalue weighted by molar-refractivity contribution is 0.0664. The van der Waals surface area contributed by atoms with Crippen LogP contribution in [0, 0.1) is 6.92 Å². The molecular formula is C30H31N5OS. The van der Waals surface area contributed by atoms with Crippen molar-refractivity contribution in [3.63, 3.8) is 0 Å². The number of amides is 1. The molecule has 1 fully saturated rings. The van der Waals surface area contributed by atoms with Gasteiger partial charge in [-0.05, 0) is 48.2 Å². The van der Waals surface area contributed by atoms with Crippen LogP contribution in [0.5, 0.6) is 0 Å². The highest BCUT2D eigenvalue weighted by Crippen LogP contribution is 2.36. The van der Waals surface area contributed by atoms with Gasteiger partial charge in [0.05, 0.1) is 18.1 Å². The Bertz CT molecular complexity index is 1530. The molecule has 7 heteroatoms. The Kier molecular flexibility index (Phi) is 6.40. The molecule has 1 aliphatic rings. The van der Waals surface area contributed by atoms with Gasteiger partial charge in [-0.3, -0.25) is 4.79 Å². The molecule has 6 rings (SSSR count). The minimum atomic E-state index is 0.108. The van der Waals surface area contributed by atoms with E-state index < -0.39 is 0 Å². The molecule has 6 nitrogen and oxygen atoms in total. The number of aromatic nitrogens is 3. The van der Waals surface area contributed by atoms with E-state index in [1.807, 2.05) is 17.4 Å². The average Bonchev–Trinajstić information content (AvgIpc) is 3.67. The first kappa shape index (κ1) is 23.7. The number of piperazine rings is 1. The highest BCUT2D eigenvalue weighted by molar-refractivity contribution is 7.09. The van der Waals surface area contributed by atoms with Gasteiger partial charge in [0, 0.05) is 55.1 Å². The fourth-order valence-electron chi connectivity index (χ4n) is 5.32. The molecule has 0 bridgehead atoms. The molecule has 1 amide bonds. The van der Waals surface area contributed by atoms with Crippen molar-refractivity contribution in [3.8, 4) is 16.9 Å². The molecule has 0 spiro atoms. The highest BCUT2D eigenvalue weighted by Gasteiger charge is 2.28. The first-order chi connectivity index (χ1) is 18.1. The van der Waals surface area contributed by atoms with Gasteiger partial charge in [-0.15, -0.1) is 11.3 Å². The van der Waals surface area contributed by atoms with E-state index in [1.165, 1.54) is 10.3 Å². The van der Waals surface area contributed by atoms with E-state index in [9.17, 15) is 4.79 Å². The van der Waals surface area contributed by atoms with Crippen LogP contribution in [0.4, 0.5) is 0 Å². The molecular weight excluding hydrogens is 478 g/mol. The van der Waals surface area contributed by atoms with Gasteiger partial charge in [0.2, 0.25) is 0 Å². The van der Waals surface area contributed by atoms with Crippen LogP contribution in [0.2, 0.25) is 0 Å². The Balaban J connectivity index is 1.47. The molecule has 0 N–H and O–H groups in total. The Morgan fingerprint density at radius 1 is 0.973 bits per heavy atom. The maximum atomic E-state index is 14.1. The summed E-state index contributed by atoms with van der Waals surface area (Å²) < 4.78 is 4.34. The SMILES string of the molecule is Cc1c(C(=O)N2CCN(C)CC2)c(-c2cccc3ccccc23)cn1-c1cncn1CCc1cccs1. The molecule has 1 saturated heterocycles. The van der Waals surface area contributed by atoms with Gasteiger partial charge >= 0.3 is 0 Å². The average molecular weight is 510 g/mol. The van der Waals surface area contributed by atoms with Crippen molar-refractivity contribution in [1.29, 1.82) is 0 Å². The minimum Gasteiger partial charge on any atom is -0.336 e. The van der Waals surface area contributed by atoms with Crippen molar-refractivity contribution in [1.82, 2.24) is 23.9 Å². The summed E-state index contributed by atoms with van der Waals surface area (Å²) in [6, 6.07) is 19.0. The molecule has 5 aromatic rings. The molecule has 188 valence electrons. The number of hydrogen-bond donors (Lipinski definition) is 0. The van der Waals surface area contributed by atoms with Crippen LogP contribution in [-0.2, 0) is 13.0 Å². The molecule has 0 atom stereocenters. The number of thiophene rings is 1. The van der Waals surface area contributed by atoms with Crippen LogP contribution in [-0.4, -0.2) is 63.1 Å². The lowest BCUT2D eigenvalue weighted by atomic mass is 9.96. The number of aryl methyl sites for hydroxylation is 2. The number of fused-ring (bicyclic) bond motifs is 1. The van der Waals surface area contributed by atoms with E-state index in [4.69, 9.17) is 0 Å². The van der Waals surface area contributed by atoms with Crippen molar-refractivity contribution < 1.29 is 4.79 Å². The normalized spacial score (nSPS) is 14.5. The van der Waals surface area contributed by atoms with Crippen LogP contribution in [0.15, 0.2) is 78.7 Å². The van der Waals surface area contributed by atoms with E-state index in [0.717, 1.165) is 72.7 Å². The highest BCUT2D eigenvalue weighted by atomic mass is 32.1. The van der Waals surface area contributed by atoms with Gasteiger partial charge in [0.25, 0.3) is 5.91 Å². The zero-order chi connectivity index (χ0) is 25.4. The number of nitrogens with zero attached hydrogens (tertiary/aromatic N) is 5. The minimum absolute atomic E-state index is 0.108. The van der Waals surface area contributed by atoms with E-state index in [2.05, 4.69) is 99.2 Å². The monoisotopic (exact) mass is 509 g/mol. The number of rotatable bonds is 6. The zero-order valence-corrected chi connectivity index (χ0v) is 22.1. The third-order valence-electron chi connectivity index (χ3n) is 7.45. The lowest BCUT2D eigenvalue weighted by Gasteiger charge is -2.32. The third kappa shape index (κ3) is 4.49. The molecule has 4 heterocycles. The maximum Gasteiger partial charge on any atom is 0.256 e. The first-order valence-corrected chi connectivity index (χ1v) is 13.7. The largest absolute Gasteiger partial charge is 0.336 e. The predicted octanol–water partition coefficient (Wildman–Crippen LogP) is 5.49. The third-order valence-corrected chi connectivity index (χ3v) is 8.39. The van der Waals surface area contributed by atoms with Gasteiger partial charge in [0.1, 0.15) is 5.82 Å². The fourth-order valence-corrected chi connectivity index (χ4v) is 6.02. The Labute approximate surface area is 221 Å². The van der Waals surface area contributed by atoms with Crippen LogP contribution in [0.3, 0.4) is 0 Å². The van der Waals surface area contributed by atoms with E-state index in [1.54, 1.807) is 11.3 Å². The van der Waals surface area contributed by atoms with Gasteiger partial charge < -0.3 is 18.9 Å². The van der Waals surface area contributed by atoms with Crippen LogP contribution < -0.4 is 0 Å². The molecule has 2 aromatic carbocycles. The molecule has 1 aliphatic heterocycles. The molecule has 0 aliphatic carbocycles. The van der Waals surface area contributed by atoms with Crippen molar-refractivity contribution >= 4 is 28.0 Å². The second-order valence-electron chi connectivity index (χ2n) is 9.77. The van der Waals surface area contributed by atoms with Crippen molar-refractivity contribution in [3.05, 3.63) is 94.8 Å². The van der Waals surface area contributed by atoms with E-state index in [0.29, 0.717) is 0 Å². The molecule has 0 unspecified atom stereocenters. The number of hydrogen-bond acceptors (Lipinski definition) is 4. The lowest BCUT2D eigenvalue weighted by Crippen LogP contribution is -2.47. The fraction of sp³-hybridized carbons (Fsp3) is 0.267. The summed E-state index contributed by atoms with van der Waals surface area (Å²) in [5.74, 6) is 1.09. The topological polar surface area (TPSA) is 46.3 Å². The molecule has 0 saturated carbocycles.